The number of carbonyl (C=O) groups is 1. The van der Waals surface area contributed by atoms with Crippen molar-refractivity contribution in [2.75, 3.05) is 17.1 Å². The molecule has 0 unspecified atom stereocenters. The summed E-state index contributed by atoms with van der Waals surface area (Å²) in [7, 11) is -1.54. The van der Waals surface area contributed by atoms with Crippen molar-refractivity contribution in [3.8, 4) is 0 Å². The third kappa shape index (κ3) is 3.46. The second-order valence-electron chi connectivity index (χ2n) is 6.74. The number of rotatable bonds is 5. The molecule has 0 saturated carbocycles. The van der Waals surface area contributed by atoms with E-state index in [0.717, 1.165) is 11.1 Å². The van der Waals surface area contributed by atoms with E-state index in [0.29, 0.717) is 24.2 Å². The molecular formula is C20H24N2O3S. The molecule has 26 heavy (non-hydrogen) atoms. The number of benzene rings is 2. The van der Waals surface area contributed by atoms with Gasteiger partial charge in [-0.25, -0.2) is 8.42 Å². The van der Waals surface area contributed by atoms with Crippen LogP contribution in [0.3, 0.4) is 0 Å². The number of hydrogen-bond acceptors (Lipinski definition) is 3. The zero-order chi connectivity index (χ0) is 18.9. The van der Waals surface area contributed by atoms with Crippen LogP contribution < -0.4 is 4.31 Å². The van der Waals surface area contributed by atoms with Gasteiger partial charge in [-0.3, -0.25) is 9.10 Å². The van der Waals surface area contributed by atoms with Gasteiger partial charge in [0.05, 0.1) is 11.4 Å². The van der Waals surface area contributed by atoms with Gasteiger partial charge in [-0.05, 0) is 49.6 Å². The van der Waals surface area contributed by atoms with Crippen molar-refractivity contribution in [3.63, 3.8) is 0 Å². The van der Waals surface area contributed by atoms with Gasteiger partial charge in [-0.15, -0.1) is 0 Å². The number of fused-ring (bicyclic) bond motifs is 1. The fourth-order valence-electron chi connectivity index (χ4n) is 3.45. The van der Waals surface area contributed by atoms with Gasteiger partial charge in [0.2, 0.25) is 10.0 Å². The largest absolute Gasteiger partial charge is 0.337 e. The molecule has 1 atom stereocenters. The zero-order valence-corrected chi connectivity index (χ0v) is 16.2. The number of anilines is 1. The first-order valence-corrected chi connectivity index (χ1v) is 10.4. The van der Waals surface area contributed by atoms with Crippen LogP contribution in [0.1, 0.15) is 35.3 Å². The van der Waals surface area contributed by atoms with Crippen LogP contribution in [0.2, 0.25) is 0 Å². The van der Waals surface area contributed by atoms with Crippen LogP contribution in [0.25, 0.3) is 0 Å². The summed E-state index contributed by atoms with van der Waals surface area (Å²) in [5.41, 5.74) is 3.26. The smallest absolute Gasteiger partial charge is 0.253 e. The highest BCUT2D eigenvalue weighted by atomic mass is 32.2. The molecule has 0 fully saturated rings. The lowest BCUT2D eigenvalue weighted by molar-refractivity contribution is 0.0785. The quantitative estimate of drug-likeness (QED) is 0.810. The van der Waals surface area contributed by atoms with Crippen molar-refractivity contribution in [1.29, 1.82) is 0 Å². The van der Waals surface area contributed by atoms with Gasteiger partial charge in [-0.1, -0.05) is 30.3 Å². The Morgan fingerprint density at radius 2 is 1.88 bits per heavy atom. The minimum absolute atomic E-state index is 0.0667. The molecule has 1 heterocycles. The Labute approximate surface area is 155 Å². The van der Waals surface area contributed by atoms with E-state index < -0.39 is 10.0 Å². The maximum atomic E-state index is 12.8. The molecular weight excluding hydrogens is 348 g/mol. The highest BCUT2D eigenvalue weighted by Crippen LogP contribution is 2.35. The summed E-state index contributed by atoms with van der Waals surface area (Å²) in [6.07, 6.45) is 0.623. The third-order valence-corrected chi connectivity index (χ3v) is 6.64. The van der Waals surface area contributed by atoms with E-state index in [9.17, 15) is 13.2 Å². The van der Waals surface area contributed by atoms with Gasteiger partial charge in [0, 0.05) is 25.2 Å². The molecule has 0 radical (unpaired) electrons. The SMILES string of the molecule is CCS(=O)(=O)N1c2ccc(C(=O)N(C)Cc3ccccc3)cc2C[C@@H]1C. The lowest BCUT2D eigenvalue weighted by atomic mass is 10.1. The van der Waals surface area contributed by atoms with E-state index in [4.69, 9.17) is 0 Å². The first-order chi connectivity index (χ1) is 12.3. The van der Waals surface area contributed by atoms with Crippen LogP contribution in [0.15, 0.2) is 48.5 Å². The second kappa shape index (κ2) is 7.11. The Morgan fingerprint density at radius 3 is 2.54 bits per heavy atom. The van der Waals surface area contributed by atoms with Crippen LogP contribution in [-0.2, 0) is 23.0 Å². The molecule has 6 heteroatoms. The van der Waals surface area contributed by atoms with Gasteiger partial charge in [-0.2, -0.15) is 0 Å². The Kier molecular flexibility index (Phi) is 5.05. The molecule has 1 aliphatic rings. The van der Waals surface area contributed by atoms with E-state index in [2.05, 4.69) is 0 Å². The molecule has 0 aromatic heterocycles. The van der Waals surface area contributed by atoms with E-state index in [-0.39, 0.29) is 17.7 Å². The van der Waals surface area contributed by atoms with Crippen LogP contribution in [0.4, 0.5) is 5.69 Å². The fourth-order valence-corrected chi connectivity index (χ4v) is 4.83. The average Bonchev–Trinajstić information content (AvgIpc) is 2.97. The fraction of sp³-hybridized carbons (Fsp3) is 0.350. The number of carbonyl (C=O) groups excluding carboxylic acids is 1. The molecule has 1 amide bonds. The lowest BCUT2D eigenvalue weighted by Gasteiger charge is -2.23. The predicted octanol–water partition coefficient (Wildman–Crippen LogP) is 3.06. The van der Waals surface area contributed by atoms with Crippen LogP contribution in [0, 0.1) is 0 Å². The van der Waals surface area contributed by atoms with Gasteiger partial charge < -0.3 is 4.90 Å². The third-order valence-electron chi connectivity index (χ3n) is 4.75. The molecule has 0 bridgehead atoms. The molecule has 2 aromatic carbocycles. The lowest BCUT2D eigenvalue weighted by Crippen LogP contribution is -2.36. The van der Waals surface area contributed by atoms with Crippen molar-refractivity contribution in [3.05, 3.63) is 65.2 Å². The van der Waals surface area contributed by atoms with E-state index in [1.807, 2.05) is 43.3 Å². The molecule has 0 N–H and O–H groups in total. The Bertz CT molecular complexity index is 910. The van der Waals surface area contributed by atoms with Crippen LogP contribution in [0.5, 0.6) is 0 Å². The van der Waals surface area contributed by atoms with Crippen LogP contribution >= 0.6 is 0 Å². The van der Waals surface area contributed by atoms with E-state index >= 15 is 0 Å². The summed E-state index contributed by atoms with van der Waals surface area (Å²) in [5, 5.41) is 0. The predicted molar refractivity (Wildman–Crippen MR) is 104 cm³/mol. The monoisotopic (exact) mass is 372 g/mol. The number of amides is 1. The summed E-state index contributed by atoms with van der Waals surface area (Å²) in [6, 6.07) is 15.0. The van der Waals surface area contributed by atoms with E-state index in [1.54, 1.807) is 31.0 Å². The van der Waals surface area contributed by atoms with Crippen molar-refractivity contribution in [2.24, 2.45) is 0 Å². The van der Waals surface area contributed by atoms with Crippen molar-refractivity contribution in [2.45, 2.75) is 32.9 Å². The van der Waals surface area contributed by atoms with Crippen molar-refractivity contribution >= 4 is 21.6 Å². The first kappa shape index (κ1) is 18.5. The molecule has 138 valence electrons. The molecule has 1 aliphatic heterocycles. The molecule has 5 nitrogen and oxygen atoms in total. The summed E-state index contributed by atoms with van der Waals surface area (Å²) >= 11 is 0. The highest BCUT2D eigenvalue weighted by Gasteiger charge is 2.34. The van der Waals surface area contributed by atoms with Gasteiger partial charge in [0.15, 0.2) is 0 Å². The highest BCUT2D eigenvalue weighted by molar-refractivity contribution is 7.92. The topological polar surface area (TPSA) is 57.7 Å². The summed E-state index contributed by atoms with van der Waals surface area (Å²) in [4.78, 5) is 14.4. The average molecular weight is 372 g/mol. The first-order valence-electron chi connectivity index (χ1n) is 8.78. The second-order valence-corrected chi connectivity index (χ2v) is 8.87. The van der Waals surface area contributed by atoms with E-state index in [1.165, 1.54) is 4.31 Å². The number of hydrogen-bond donors (Lipinski definition) is 0. The van der Waals surface area contributed by atoms with Crippen molar-refractivity contribution in [1.82, 2.24) is 4.90 Å². The Morgan fingerprint density at radius 1 is 1.19 bits per heavy atom. The van der Waals surface area contributed by atoms with Crippen LogP contribution in [-0.4, -0.2) is 38.1 Å². The molecule has 0 spiro atoms. The van der Waals surface area contributed by atoms with Gasteiger partial charge in [0.1, 0.15) is 0 Å². The maximum Gasteiger partial charge on any atom is 0.253 e. The minimum atomic E-state index is -3.31. The normalized spacial score (nSPS) is 16.4. The maximum absolute atomic E-state index is 12.8. The number of sulfonamides is 1. The number of nitrogens with zero attached hydrogens (tertiary/aromatic N) is 2. The van der Waals surface area contributed by atoms with Gasteiger partial charge in [0.25, 0.3) is 5.91 Å². The molecule has 0 aliphatic carbocycles. The summed E-state index contributed by atoms with van der Waals surface area (Å²) in [5.74, 6) is -0.00168. The molecule has 0 saturated heterocycles. The molecule has 2 aromatic rings. The summed E-state index contributed by atoms with van der Waals surface area (Å²) in [6.45, 7) is 4.08. The Hall–Kier alpha value is -2.34. The van der Waals surface area contributed by atoms with Crippen molar-refractivity contribution < 1.29 is 13.2 Å². The minimum Gasteiger partial charge on any atom is -0.337 e. The van der Waals surface area contributed by atoms with Gasteiger partial charge >= 0.3 is 0 Å². The zero-order valence-electron chi connectivity index (χ0n) is 15.3. The standard InChI is InChI=1S/C20H24N2O3S/c1-4-26(24,25)22-15(2)12-18-13-17(10-11-19(18)22)20(23)21(3)14-16-8-6-5-7-9-16/h5-11,13,15H,4,12,14H2,1-3H3/t15-/m0/s1. The Balaban J connectivity index is 1.83. The summed E-state index contributed by atoms with van der Waals surface area (Å²) < 4.78 is 26.2. The molecule has 3 rings (SSSR count).